The summed E-state index contributed by atoms with van der Waals surface area (Å²) in [6, 6.07) is 9.92. The van der Waals surface area contributed by atoms with Gasteiger partial charge in [-0.05, 0) is 49.9 Å². The van der Waals surface area contributed by atoms with Crippen LogP contribution in [-0.2, 0) is 12.8 Å². The van der Waals surface area contributed by atoms with Gasteiger partial charge in [0.1, 0.15) is 0 Å². The molecule has 1 aliphatic carbocycles. The van der Waals surface area contributed by atoms with E-state index in [1.807, 2.05) is 36.6 Å². The van der Waals surface area contributed by atoms with Gasteiger partial charge in [0.15, 0.2) is 0 Å². The number of carbonyl (C=O) groups is 1. The summed E-state index contributed by atoms with van der Waals surface area (Å²) in [7, 11) is 0. The highest BCUT2D eigenvalue weighted by atomic mass is 32.1. The van der Waals surface area contributed by atoms with Gasteiger partial charge in [0.25, 0.3) is 5.91 Å². The van der Waals surface area contributed by atoms with Gasteiger partial charge < -0.3 is 5.32 Å². The fourth-order valence-electron chi connectivity index (χ4n) is 2.89. The smallest absolute Gasteiger partial charge is 0.265 e. The first-order valence-electron chi connectivity index (χ1n) is 7.64. The second-order valence-electron chi connectivity index (χ2n) is 5.70. The Morgan fingerprint density at radius 1 is 1.26 bits per heavy atom. The Labute approximate surface area is 143 Å². The van der Waals surface area contributed by atoms with Crippen LogP contribution in [0.2, 0.25) is 0 Å². The number of anilines is 1. The van der Waals surface area contributed by atoms with Crippen molar-refractivity contribution in [3.8, 4) is 11.3 Å². The largest absolute Gasteiger partial charge is 0.321 e. The maximum Gasteiger partial charge on any atom is 0.265 e. The summed E-state index contributed by atoms with van der Waals surface area (Å²) in [5, 5.41) is 6.10. The topological polar surface area (TPSA) is 42.0 Å². The van der Waals surface area contributed by atoms with Crippen molar-refractivity contribution < 1.29 is 4.79 Å². The molecule has 0 spiro atoms. The van der Waals surface area contributed by atoms with Crippen molar-refractivity contribution in [3.63, 3.8) is 0 Å². The second kappa shape index (κ2) is 5.91. The van der Waals surface area contributed by atoms with Crippen LogP contribution in [0, 0.1) is 6.92 Å². The summed E-state index contributed by atoms with van der Waals surface area (Å²) >= 11 is 3.26. The van der Waals surface area contributed by atoms with E-state index in [0.29, 0.717) is 0 Å². The van der Waals surface area contributed by atoms with Gasteiger partial charge in [0, 0.05) is 21.5 Å². The lowest BCUT2D eigenvalue weighted by Crippen LogP contribution is -2.10. The normalized spacial score (nSPS) is 13.1. The summed E-state index contributed by atoms with van der Waals surface area (Å²) in [5.74, 6) is -0.0176. The number of rotatable bonds is 3. The minimum Gasteiger partial charge on any atom is -0.321 e. The molecule has 23 heavy (non-hydrogen) atoms. The van der Waals surface area contributed by atoms with Gasteiger partial charge in [-0.2, -0.15) is 0 Å². The summed E-state index contributed by atoms with van der Waals surface area (Å²) in [6.45, 7) is 2.00. The van der Waals surface area contributed by atoms with Crippen molar-refractivity contribution in [3.05, 3.63) is 56.0 Å². The van der Waals surface area contributed by atoms with E-state index in [2.05, 4.69) is 16.4 Å². The molecule has 2 aromatic heterocycles. The van der Waals surface area contributed by atoms with Crippen LogP contribution in [0.4, 0.5) is 5.69 Å². The second-order valence-corrected chi connectivity index (χ2v) is 7.90. The number of thiazole rings is 1. The fraction of sp³-hybridized carbons (Fsp3) is 0.222. The Kier molecular flexibility index (Phi) is 3.75. The third kappa shape index (κ3) is 2.94. The molecule has 4 rings (SSSR count). The number of benzene rings is 1. The van der Waals surface area contributed by atoms with Crippen molar-refractivity contribution in [1.29, 1.82) is 0 Å². The fourth-order valence-corrected chi connectivity index (χ4v) is 4.66. The lowest BCUT2D eigenvalue weighted by Gasteiger charge is -2.05. The molecule has 0 saturated heterocycles. The average molecular weight is 340 g/mol. The summed E-state index contributed by atoms with van der Waals surface area (Å²) < 4.78 is 0. The Balaban J connectivity index is 1.55. The molecule has 3 nitrogen and oxygen atoms in total. The van der Waals surface area contributed by atoms with Crippen LogP contribution in [0.5, 0.6) is 0 Å². The van der Waals surface area contributed by atoms with Crippen LogP contribution in [-0.4, -0.2) is 10.9 Å². The summed E-state index contributed by atoms with van der Waals surface area (Å²) in [6.07, 6.45) is 3.45. The van der Waals surface area contributed by atoms with Gasteiger partial charge in [0.05, 0.1) is 15.6 Å². The molecule has 0 bridgehead atoms. The summed E-state index contributed by atoms with van der Waals surface area (Å²) in [4.78, 5) is 19.1. The average Bonchev–Trinajstić information content (AvgIpc) is 3.22. The highest BCUT2D eigenvalue weighted by Gasteiger charge is 2.18. The number of aryl methyl sites for hydroxylation is 3. The minimum atomic E-state index is -0.0176. The van der Waals surface area contributed by atoms with E-state index in [1.165, 1.54) is 16.9 Å². The standard InChI is InChI=1S/C18H16N2OS2/c1-11-19-15(10-22-11)12-4-2-6-14(8-12)20-18(21)17-9-13-5-3-7-16(13)23-17/h2,4,6,8-10H,3,5,7H2,1H3,(H,20,21). The first kappa shape index (κ1) is 14.6. The Hall–Kier alpha value is -1.98. The molecule has 1 N–H and O–H groups in total. The first-order valence-corrected chi connectivity index (χ1v) is 9.34. The van der Waals surface area contributed by atoms with Crippen molar-refractivity contribution >= 4 is 34.3 Å². The number of nitrogens with zero attached hydrogens (tertiary/aromatic N) is 1. The van der Waals surface area contributed by atoms with E-state index in [9.17, 15) is 4.79 Å². The molecule has 1 amide bonds. The molecule has 0 radical (unpaired) electrons. The number of hydrogen-bond donors (Lipinski definition) is 1. The predicted octanol–water partition coefficient (Wildman–Crippen LogP) is 4.92. The van der Waals surface area contributed by atoms with E-state index in [4.69, 9.17) is 0 Å². The maximum atomic E-state index is 12.5. The molecule has 0 saturated carbocycles. The third-order valence-electron chi connectivity index (χ3n) is 4.01. The third-order valence-corrected chi connectivity index (χ3v) is 6.01. The molecule has 0 aliphatic heterocycles. The molecule has 0 fully saturated rings. The molecule has 116 valence electrons. The number of fused-ring (bicyclic) bond motifs is 1. The molecule has 1 aliphatic rings. The molecule has 1 aromatic carbocycles. The quantitative estimate of drug-likeness (QED) is 0.735. The van der Waals surface area contributed by atoms with Gasteiger partial charge >= 0.3 is 0 Å². The lowest BCUT2D eigenvalue weighted by molar-refractivity contribution is 0.103. The lowest BCUT2D eigenvalue weighted by atomic mass is 10.1. The zero-order chi connectivity index (χ0) is 15.8. The Bertz CT molecular complexity index is 857. The van der Waals surface area contributed by atoms with Gasteiger partial charge in [0.2, 0.25) is 0 Å². The van der Waals surface area contributed by atoms with Gasteiger partial charge in [-0.25, -0.2) is 4.98 Å². The van der Waals surface area contributed by atoms with Crippen molar-refractivity contribution in [2.24, 2.45) is 0 Å². The van der Waals surface area contributed by atoms with Crippen molar-refractivity contribution in [1.82, 2.24) is 4.98 Å². The first-order chi connectivity index (χ1) is 11.2. The summed E-state index contributed by atoms with van der Waals surface area (Å²) in [5.41, 5.74) is 4.15. The predicted molar refractivity (Wildman–Crippen MR) is 96.6 cm³/mol. The number of hydrogen-bond acceptors (Lipinski definition) is 4. The van der Waals surface area contributed by atoms with Gasteiger partial charge in [-0.15, -0.1) is 22.7 Å². The number of aromatic nitrogens is 1. The van der Waals surface area contributed by atoms with Crippen LogP contribution in [0.3, 0.4) is 0 Å². The number of thiophene rings is 1. The SMILES string of the molecule is Cc1nc(-c2cccc(NC(=O)c3cc4c(s3)CCC4)c2)cs1. The molecule has 3 aromatic rings. The van der Waals surface area contributed by atoms with Gasteiger partial charge in [-0.1, -0.05) is 12.1 Å². The van der Waals surface area contributed by atoms with Crippen LogP contribution < -0.4 is 5.32 Å². The number of carbonyl (C=O) groups excluding carboxylic acids is 1. The molecular formula is C18H16N2OS2. The monoisotopic (exact) mass is 340 g/mol. The van der Waals surface area contributed by atoms with Crippen LogP contribution in [0.25, 0.3) is 11.3 Å². The Morgan fingerprint density at radius 3 is 2.96 bits per heavy atom. The highest BCUT2D eigenvalue weighted by molar-refractivity contribution is 7.14. The van der Waals surface area contributed by atoms with Crippen LogP contribution in [0.1, 0.15) is 31.5 Å². The van der Waals surface area contributed by atoms with E-state index in [1.54, 1.807) is 22.7 Å². The van der Waals surface area contributed by atoms with E-state index < -0.39 is 0 Å². The zero-order valence-corrected chi connectivity index (χ0v) is 14.4. The van der Waals surface area contributed by atoms with E-state index >= 15 is 0 Å². The van der Waals surface area contributed by atoms with Gasteiger partial charge in [-0.3, -0.25) is 4.79 Å². The molecular weight excluding hydrogens is 324 g/mol. The Morgan fingerprint density at radius 2 is 2.17 bits per heavy atom. The molecule has 2 heterocycles. The molecule has 5 heteroatoms. The van der Waals surface area contributed by atoms with Crippen LogP contribution in [0.15, 0.2) is 35.7 Å². The maximum absolute atomic E-state index is 12.5. The van der Waals surface area contributed by atoms with E-state index in [0.717, 1.165) is 39.7 Å². The minimum absolute atomic E-state index is 0.0176. The van der Waals surface area contributed by atoms with Crippen molar-refractivity contribution in [2.45, 2.75) is 26.2 Å². The molecule has 0 atom stereocenters. The van der Waals surface area contributed by atoms with E-state index in [-0.39, 0.29) is 5.91 Å². The number of amides is 1. The highest BCUT2D eigenvalue weighted by Crippen LogP contribution is 2.31. The zero-order valence-electron chi connectivity index (χ0n) is 12.8. The number of nitrogens with one attached hydrogen (secondary N) is 1. The van der Waals surface area contributed by atoms with Crippen molar-refractivity contribution in [2.75, 3.05) is 5.32 Å². The molecule has 0 unspecified atom stereocenters. The van der Waals surface area contributed by atoms with Crippen LogP contribution >= 0.6 is 22.7 Å².